The highest BCUT2D eigenvalue weighted by Gasteiger charge is 2.34. The molecule has 0 saturated carbocycles. The first kappa shape index (κ1) is 18.3. The molecule has 1 aliphatic rings. The van der Waals surface area contributed by atoms with Gasteiger partial charge in [-0.1, -0.05) is 46.3 Å². The van der Waals surface area contributed by atoms with E-state index < -0.39 is 30.2 Å². The zero-order valence-corrected chi connectivity index (χ0v) is 15.3. The molecule has 1 heterocycles. The van der Waals surface area contributed by atoms with Crippen molar-refractivity contribution < 1.29 is 19.1 Å². The van der Waals surface area contributed by atoms with Crippen LogP contribution in [0.15, 0.2) is 58.1 Å². The molecule has 0 spiro atoms. The number of carbonyl (C=O) groups excluding carboxylic acids is 2. The van der Waals surface area contributed by atoms with Gasteiger partial charge in [-0.15, -0.1) is 0 Å². The Labute approximate surface area is 158 Å². The molecule has 0 unspecified atom stereocenters. The number of carbonyl (C=O) groups is 2. The SMILES string of the molecule is O=C([O-])CCC(=O)N1N=C(c2ccc(Br)cc2)C[C@H]1c1ccccc1F. The minimum absolute atomic E-state index is 0.246. The summed E-state index contributed by atoms with van der Waals surface area (Å²) in [5.41, 5.74) is 1.82. The standard InChI is InChI=1S/C19H16BrFN2O3/c20-13-7-5-12(6-8-13)16-11-17(14-3-1-2-4-15(14)21)23(22-16)18(24)9-10-19(25)26/h1-8,17H,9-11H2,(H,25,26)/p-1/t17-/m0/s1. The molecule has 0 radical (unpaired) electrons. The van der Waals surface area contributed by atoms with Gasteiger partial charge in [-0.2, -0.15) is 5.10 Å². The Balaban J connectivity index is 1.93. The second-order valence-electron chi connectivity index (χ2n) is 5.91. The number of benzene rings is 2. The Morgan fingerprint density at radius 3 is 2.50 bits per heavy atom. The van der Waals surface area contributed by atoms with E-state index in [1.165, 1.54) is 11.1 Å². The third kappa shape index (κ3) is 3.99. The third-order valence-corrected chi connectivity index (χ3v) is 4.68. The molecule has 0 N–H and O–H groups in total. The van der Waals surface area contributed by atoms with Crippen LogP contribution in [0.5, 0.6) is 0 Å². The maximum absolute atomic E-state index is 14.3. The molecular formula is C19H15BrFN2O3-. The van der Waals surface area contributed by atoms with Crippen LogP contribution in [0.25, 0.3) is 0 Å². The van der Waals surface area contributed by atoms with Crippen LogP contribution in [0.3, 0.4) is 0 Å². The number of rotatable bonds is 5. The maximum Gasteiger partial charge on any atom is 0.243 e. The molecule has 26 heavy (non-hydrogen) atoms. The van der Waals surface area contributed by atoms with Gasteiger partial charge in [-0.05, 0) is 30.2 Å². The molecule has 0 saturated heterocycles. The van der Waals surface area contributed by atoms with Gasteiger partial charge in [0.25, 0.3) is 0 Å². The van der Waals surface area contributed by atoms with Gasteiger partial charge in [-0.3, -0.25) is 4.79 Å². The van der Waals surface area contributed by atoms with Crippen molar-refractivity contribution in [1.82, 2.24) is 5.01 Å². The fraction of sp³-hybridized carbons (Fsp3) is 0.211. The van der Waals surface area contributed by atoms with Crippen molar-refractivity contribution in [2.75, 3.05) is 0 Å². The van der Waals surface area contributed by atoms with Gasteiger partial charge in [-0.25, -0.2) is 9.40 Å². The van der Waals surface area contributed by atoms with E-state index in [-0.39, 0.29) is 6.42 Å². The first-order chi connectivity index (χ1) is 12.5. The molecule has 7 heteroatoms. The van der Waals surface area contributed by atoms with Crippen LogP contribution in [0.1, 0.15) is 36.4 Å². The summed E-state index contributed by atoms with van der Waals surface area (Å²) in [7, 11) is 0. The van der Waals surface area contributed by atoms with Crippen LogP contribution in [0.2, 0.25) is 0 Å². The van der Waals surface area contributed by atoms with Crippen molar-refractivity contribution in [3.05, 3.63) is 69.9 Å². The summed E-state index contributed by atoms with van der Waals surface area (Å²) in [5, 5.41) is 16.2. The van der Waals surface area contributed by atoms with Gasteiger partial charge in [0.15, 0.2) is 0 Å². The van der Waals surface area contributed by atoms with Crippen molar-refractivity contribution in [2.45, 2.75) is 25.3 Å². The van der Waals surface area contributed by atoms with Gasteiger partial charge in [0, 0.05) is 28.8 Å². The lowest BCUT2D eigenvalue weighted by molar-refractivity contribution is -0.305. The first-order valence-electron chi connectivity index (χ1n) is 8.05. The first-order valence-corrected chi connectivity index (χ1v) is 8.85. The number of hydrogen-bond donors (Lipinski definition) is 0. The molecule has 2 aromatic rings. The number of amides is 1. The zero-order chi connectivity index (χ0) is 18.7. The van der Waals surface area contributed by atoms with E-state index >= 15 is 0 Å². The number of carboxylic acid groups (broad SMARTS) is 1. The minimum atomic E-state index is -1.31. The van der Waals surface area contributed by atoms with Crippen molar-refractivity contribution >= 4 is 33.5 Å². The van der Waals surface area contributed by atoms with E-state index in [1.54, 1.807) is 18.2 Å². The topological polar surface area (TPSA) is 72.8 Å². The van der Waals surface area contributed by atoms with E-state index in [1.807, 2.05) is 24.3 Å². The van der Waals surface area contributed by atoms with E-state index in [2.05, 4.69) is 21.0 Å². The largest absolute Gasteiger partial charge is 0.550 e. The Morgan fingerprint density at radius 1 is 1.15 bits per heavy atom. The smallest absolute Gasteiger partial charge is 0.243 e. The Kier molecular flexibility index (Phi) is 5.46. The van der Waals surface area contributed by atoms with Crippen molar-refractivity contribution in [2.24, 2.45) is 5.10 Å². The number of halogens is 2. The number of hydrazone groups is 1. The van der Waals surface area contributed by atoms with Crippen LogP contribution < -0.4 is 5.11 Å². The van der Waals surface area contributed by atoms with Crippen LogP contribution in [0, 0.1) is 5.82 Å². The van der Waals surface area contributed by atoms with E-state index in [4.69, 9.17) is 0 Å². The van der Waals surface area contributed by atoms with E-state index in [0.29, 0.717) is 17.7 Å². The third-order valence-electron chi connectivity index (χ3n) is 4.15. The molecule has 3 rings (SSSR count). The number of carboxylic acids is 1. The summed E-state index contributed by atoms with van der Waals surface area (Å²) in [6.45, 7) is 0. The number of aliphatic carboxylic acids is 1. The van der Waals surface area contributed by atoms with E-state index in [0.717, 1.165) is 10.0 Å². The predicted molar refractivity (Wildman–Crippen MR) is 95.5 cm³/mol. The molecule has 0 fully saturated rings. The summed E-state index contributed by atoms with van der Waals surface area (Å²) >= 11 is 3.37. The molecule has 0 aromatic heterocycles. The van der Waals surface area contributed by atoms with Gasteiger partial charge >= 0.3 is 0 Å². The van der Waals surface area contributed by atoms with Gasteiger partial charge in [0.2, 0.25) is 5.91 Å². The predicted octanol–water partition coefficient (Wildman–Crippen LogP) is 2.80. The summed E-state index contributed by atoms with van der Waals surface area (Å²) in [4.78, 5) is 23.1. The lowest BCUT2D eigenvalue weighted by Crippen LogP contribution is -2.30. The van der Waals surface area contributed by atoms with Crippen LogP contribution in [0.4, 0.5) is 4.39 Å². The molecule has 5 nitrogen and oxygen atoms in total. The fourth-order valence-corrected chi connectivity index (χ4v) is 3.13. The van der Waals surface area contributed by atoms with Crippen LogP contribution in [-0.4, -0.2) is 22.6 Å². The van der Waals surface area contributed by atoms with E-state index in [9.17, 15) is 19.1 Å². The van der Waals surface area contributed by atoms with Crippen molar-refractivity contribution in [1.29, 1.82) is 0 Å². The monoisotopic (exact) mass is 417 g/mol. The summed E-state index contributed by atoms with van der Waals surface area (Å²) in [6.07, 6.45) is -0.299. The fourth-order valence-electron chi connectivity index (χ4n) is 2.87. The average molecular weight is 418 g/mol. The summed E-state index contributed by atoms with van der Waals surface area (Å²) < 4.78 is 15.2. The average Bonchev–Trinajstić information content (AvgIpc) is 3.06. The highest BCUT2D eigenvalue weighted by atomic mass is 79.9. The molecule has 134 valence electrons. The van der Waals surface area contributed by atoms with Gasteiger partial charge < -0.3 is 9.90 Å². The second-order valence-corrected chi connectivity index (χ2v) is 6.82. The van der Waals surface area contributed by atoms with Crippen molar-refractivity contribution in [3.8, 4) is 0 Å². The lowest BCUT2D eigenvalue weighted by atomic mass is 9.98. The Morgan fingerprint density at radius 2 is 1.85 bits per heavy atom. The molecular weight excluding hydrogens is 403 g/mol. The second kappa shape index (κ2) is 7.78. The van der Waals surface area contributed by atoms with Gasteiger partial charge in [0.1, 0.15) is 5.82 Å². The molecule has 1 amide bonds. The molecule has 0 aliphatic carbocycles. The highest BCUT2D eigenvalue weighted by molar-refractivity contribution is 9.10. The number of nitrogens with zero attached hydrogens (tertiary/aromatic N) is 2. The van der Waals surface area contributed by atoms with Crippen molar-refractivity contribution in [3.63, 3.8) is 0 Å². The van der Waals surface area contributed by atoms with Gasteiger partial charge in [0.05, 0.1) is 11.8 Å². The number of hydrogen-bond acceptors (Lipinski definition) is 4. The zero-order valence-electron chi connectivity index (χ0n) is 13.7. The Bertz CT molecular complexity index is 867. The lowest BCUT2D eigenvalue weighted by Gasteiger charge is -2.22. The Hall–Kier alpha value is -2.54. The summed E-state index contributed by atoms with van der Waals surface area (Å²) in [5.74, 6) is -2.21. The molecule has 1 atom stereocenters. The van der Waals surface area contributed by atoms with Crippen LogP contribution in [-0.2, 0) is 9.59 Å². The molecule has 1 aliphatic heterocycles. The normalized spacial score (nSPS) is 16.5. The summed E-state index contributed by atoms with van der Waals surface area (Å²) in [6, 6.07) is 13.0. The highest BCUT2D eigenvalue weighted by Crippen LogP contribution is 2.34. The maximum atomic E-state index is 14.3. The molecule has 2 aromatic carbocycles. The molecule has 0 bridgehead atoms. The van der Waals surface area contributed by atoms with Crippen LogP contribution >= 0.6 is 15.9 Å². The quantitative estimate of drug-likeness (QED) is 0.750. The minimum Gasteiger partial charge on any atom is -0.550 e.